The van der Waals surface area contributed by atoms with Crippen molar-refractivity contribution in [3.05, 3.63) is 35.9 Å². The van der Waals surface area contributed by atoms with E-state index in [0.29, 0.717) is 28.9 Å². The van der Waals surface area contributed by atoms with Crippen molar-refractivity contribution in [2.75, 3.05) is 44.5 Å². The summed E-state index contributed by atoms with van der Waals surface area (Å²) in [5.74, 6) is 3.10. The zero-order valence-electron chi connectivity index (χ0n) is 16.3. The fraction of sp³-hybridized carbons (Fsp3) is 0.400. The Morgan fingerprint density at radius 2 is 1.96 bits per heavy atom. The highest BCUT2D eigenvalue weighted by Gasteiger charge is 2.25. The number of hydrogen-bond acceptors (Lipinski definition) is 8. The van der Waals surface area contributed by atoms with Crippen molar-refractivity contribution in [1.29, 1.82) is 0 Å². The van der Waals surface area contributed by atoms with Crippen molar-refractivity contribution in [3.8, 4) is 12.3 Å². The van der Waals surface area contributed by atoms with Crippen molar-refractivity contribution in [3.63, 3.8) is 0 Å². The number of rotatable bonds is 5. The number of esters is 1. The highest BCUT2D eigenvalue weighted by Crippen LogP contribution is 2.28. The van der Waals surface area contributed by atoms with Crippen LogP contribution in [0.3, 0.4) is 0 Å². The molecular weight excluding hydrogens is 356 g/mol. The number of methoxy groups -OCH3 is 1. The molecule has 3 heterocycles. The topological polar surface area (TPSA) is 83.5 Å². The maximum atomic E-state index is 12.3. The number of ether oxygens (including phenoxy) is 1. The van der Waals surface area contributed by atoms with Gasteiger partial charge < -0.3 is 19.9 Å². The highest BCUT2D eigenvalue weighted by molar-refractivity contribution is 5.96. The molecule has 0 bridgehead atoms. The van der Waals surface area contributed by atoms with Crippen molar-refractivity contribution < 1.29 is 9.53 Å². The number of anilines is 3. The fourth-order valence-electron chi connectivity index (χ4n) is 3.25. The number of piperidine rings is 1. The number of carbonyl (C=O) groups is 1. The zero-order valence-corrected chi connectivity index (χ0v) is 16.3. The maximum absolute atomic E-state index is 12.3. The Kier molecular flexibility index (Phi) is 6.06. The number of pyridine rings is 1. The maximum Gasteiger partial charge on any atom is 0.341 e. The van der Waals surface area contributed by atoms with Crippen LogP contribution in [0.15, 0.2) is 24.7 Å². The smallest absolute Gasteiger partial charge is 0.341 e. The molecule has 0 amide bonds. The quantitative estimate of drug-likeness (QED) is 0.622. The first-order valence-corrected chi connectivity index (χ1v) is 9.07. The number of likely N-dealkylation sites (tertiary alicyclic amines) is 1. The van der Waals surface area contributed by atoms with Gasteiger partial charge in [0, 0.05) is 25.4 Å². The van der Waals surface area contributed by atoms with Crippen LogP contribution in [0.4, 0.5) is 17.3 Å². The SMILES string of the molecule is C#Cc1cnc(Nc2cc(N(C)C3CCN(C)CC3)c(C(=O)OC)cn2)cn1. The lowest BCUT2D eigenvalue weighted by Crippen LogP contribution is -2.42. The molecule has 0 radical (unpaired) electrons. The van der Waals surface area contributed by atoms with Gasteiger partial charge in [-0.1, -0.05) is 0 Å². The minimum Gasteiger partial charge on any atom is -0.465 e. The minimum atomic E-state index is -0.410. The summed E-state index contributed by atoms with van der Waals surface area (Å²) in [7, 11) is 5.50. The lowest BCUT2D eigenvalue weighted by molar-refractivity contribution is 0.0601. The Balaban J connectivity index is 1.87. The summed E-state index contributed by atoms with van der Waals surface area (Å²) >= 11 is 0. The molecule has 1 aliphatic heterocycles. The summed E-state index contributed by atoms with van der Waals surface area (Å²) in [5.41, 5.74) is 1.66. The van der Waals surface area contributed by atoms with E-state index in [0.717, 1.165) is 31.6 Å². The Bertz CT molecular complexity index is 869. The third-order valence-corrected chi connectivity index (χ3v) is 4.96. The lowest BCUT2D eigenvalue weighted by Gasteiger charge is -2.37. The van der Waals surface area contributed by atoms with Crippen LogP contribution in [-0.4, -0.2) is 66.2 Å². The largest absolute Gasteiger partial charge is 0.465 e. The van der Waals surface area contributed by atoms with Gasteiger partial charge in [0.1, 0.15) is 22.9 Å². The van der Waals surface area contributed by atoms with Crippen LogP contribution in [0.5, 0.6) is 0 Å². The van der Waals surface area contributed by atoms with Gasteiger partial charge in [0.05, 0.1) is 25.2 Å². The summed E-state index contributed by atoms with van der Waals surface area (Å²) in [6.07, 6.45) is 11.9. The molecule has 0 atom stereocenters. The van der Waals surface area contributed by atoms with Gasteiger partial charge in [-0.25, -0.2) is 19.7 Å². The predicted octanol–water partition coefficient (Wildman–Crippen LogP) is 1.91. The minimum absolute atomic E-state index is 0.338. The van der Waals surface area contributed by atoms with Gasteiger partial charge in [-0.2, -0.15) is 0 Å². The molecule has 0 unspecified atom stereocenters. The van der Waals surface area contributed by atoms with Crippen LogP contribution in [0.1, 0.15) is 28.9 Å². The number of nitrogens with one attached hydrogen (secondary N) is 1. The van der Waals surface area contributed by atoms with Gasteiger partial charge in [-0.15, -0.1) is 6.42 Å². The Morgan fingerprint density at radius 3 is 2.57 bits per heavy atom. The molecule has 1 saturated heterocycles. The lowest BCUT2D eigenvalue weighted by atomic mass is 10.0. The van der Waals surface area contributed by atoms with E-state index in [9.17, 15) is 4.79 Å². The summed E-state index contributed by atoms with van der Waals surface area (Å²) in [6.45, 7) is 2.05. The number of nitrogens with zero attached hydrogens (tertiary/aromatic N) is 5. The van der Waals surface area contributed by atoms with E-state index in [1.54, 1.807) is 6.20 Å². The van der Waals surface area contributed by atoms with Crippen molar-refractivity contribution in [1.82, 2.24) is 19.9 Å². The standard InChI is InChI=1S/C20H24N6O2/c1-5-14-11-22-19(13-21-14)24-18-10-17(16(12-23-18)20(27)28-4)26(3)15-6-8-25(2)9-7-15/h1,10-13,15H,6-9H2,2-4H3,(H,22,23,24). The first kappa shape index (κ1) is 19.6. The average molecular weight is 380 g/mol. The molecule has 1 N–H and O–H groups in total. The Morgan fingerprint density at radius 1 is 1.25 bits per heavy atom. The van der Waals surface area contributed by atoms with Crippen molar-refractivity contribution in [2.45, 2.75) is 18.9 Å². The number of terminal acetylenes is 1. The second kappa shape index (κ2) is 8.67. The van der Waals surface area contributed by atoms with Gasteiger partial charge in [0.25, 0.3) is 0 Å². The van der Waals surface area contributed by atoms with Gasteiger partial charge in [0.15, 0.2) is 0 Å². The molecule has 0 saturated carbocycles. The first-order valence-electron chi connectivity index (χ1n) is 9.07. The first-order chi connectivity index (χ1) is 13.5. The number of hydrogen-bond donors (Lipinski definition) is 1. The summed E-state index contributed by atoms with van der Waals surface area (Å²) in [5, 5.41) is 3.10. The summed E-state index contributed by atoms with van der Waals surface area (Å²) in [6, 6.07) is 2.17. The molecule has 2 aromatic heterocycles. The second-order valence-corrected chi connectivity index (χ2v) is 6.78. The van der Waals surface area contributed by atoms with Crippen LogP contribution in [0.2, 0.25) is 0 Å². The van der Waals surface area contributed by atoms with E-state index in [-0.39, 0.29) is 0 Å². The number of carbonyl (C=O) groups excluding carboxylic acids is 1. The van der Waals surface area contributed by atoms with Crippen LogP contribution in [0.25, 0.3) is 0 Å². The highest BCUT2D eigenvalue weighted by atomic mass is 16.5. The van der Waals surface area contributed by atoms with Gasteiger partial charge in [-0.3, -0.25) is 0 Å². The zero-order chi connectivity index (χ0) is 20.1. The monoisotopic (exact) mass is 380 g/mol. The van der Waals surface area contributed by atoms with Gasteiger partial charge in [-0.05, 0) is 38.9 Å². The van der Waals surface area contributed by atoms with Crippen LogP contribution in [-0.2, 0) is 4.74 Å². The third kappa shape index (κ3) is 4.38. The van der Waals surface area contributed by atoms with Crippen molar-refractivity contribution in [2.24, 2.45) is 0 Å². The van der Waals surface area contributed by atoms with E-state index in [1.165, 1.54) is 19.5 Å². The molecule has 0 aliphatic carbocycles. The van der Waals surface area contributed by atoms with Gasteiger partial charge >= 0.3 is 5.97 Å². The van der Waals surface area contributed by atoms with E-state index >= 15 is 0 Å². The molecular formula is C20H24N6O2. The van der Waals surface area contributed by atoms with Crippen LogP contribution < -0.4 is 10.2 Å². The summed E-state index contributed by atoms with van der Waals surface area (Å²) < 4.78 is 4.94. The van der Waals surface area contributed by atoms with Crippen LogP contribution in [0, 0.1) is 12.3 Å². The molecule has 8 nitrogen and oxygen atoms in total. The van der Waals surface area contributed by atoms with Gasteiger partial charge in [0.2, 0.25) is 0 Å². The number of aromatic nitrogens is 3. The van der Waals surface area contributed by atoms with Crippen LogP contribution >= 0.6 is 0 Å². The molecule has 8 heteroatoms. The molecule has 28 heavy (non-hydrogen) atoms. The average Bonchev–Trinajstić information content (AvgIpc) is 2.73. The molecule has 1 fully saturated rings. The molecule has 2 aromatic rings. The van der Waals surface area contributed by atoms with E-state index in [4.69, 9.17) is 11.2 Å². The second-order valence-electron chi connectivity index (χ2n) is 6.78. The van der Waals surface area contributed by atoms with E-state index in [2.05, 4.69) is 43.0 Å². The normalized spacial score (nSPS) is 14.9. The fourth-order valence-corrected chi connectivity index (χ4v) is 3.25. The molecule has 3 rings (SSSR count). The van der Waals surface area contributed by atoms with Crippen molar-refractivity contribution >= 4 is 23.3 Å². The van der Waals surface area contributed by atoms with E-state index in [1.807, 2.05) is 13.1 Å². The third-order valence-electron chi connectivity index (χ3n) is 4.96. The van der Waals surface area contributed by atoms with E-state index < -0.39 is 5.97 Å². The molecule has 0 spiro atoms. The summed E-state index contributed by atoms with van der Waals surface area (Å²) in [4.78, 5) is 29.4. The Labute approximate surface area is 164 Å². The Hall–Kier alpha value is -3.18. The molecule has 0 aromatic carbocycles. The molecule has 1 aliphatic rings. The predicted molar refractivity (Wildman–Crippen MR) is 108 cm³/mol. The molecule has 146 valence electrons.